The monoisotopic (exact) mass is 347 g/mol. The van der Waals surface area contributed by atoms with Crippen LogP contribution in [0.4, 0.5) is 4.79 Å². The van der Waals surface area contributed by atoms with Gasteiger partial charge in [-0.05, 0) is 25.0 Å². The third-order valence-electron chi connectivity index (χ3n) is 3.97. The molecule has 1 aromatic rings. The Morgan fingerprint density at radius 2 is 1.72 bits per heavy atom. The molecule has 0 spiro atoms. The first-order valence-corrected chi connectivity index (χ1v) is 8.08. The van der Waals surface area contributed by atoms with Crippen LogP contribution in [0.1, 0.15) is 40.0 Å². The van der Waals surface area contributed by atoms with E-state index >= 15 is 0 Å². The van der Waals surface area contributed by atoms with Crippen LogP contribution < -0.4 is 5.32 Å². The highest BCUT2D eigenvalue weighted by molar-refractivity contribution is 6.21. The standard InChI is InChI=1S/C17H21N3O5/c1-19(11-8-14(21)22)17(25)18-9-4-5-10-20-15(23)12-6-2-3-7-13(12)16(20)24/h2-3,6-7H,4-5,8-11H2,1H3,(H,18,25)(H,21,22). The number of hydrogen-bond donors (Lipinski definition) is 2. The Kier molecular flexibility index (Phi) is 6.10. The summed E-state index contributed by atoms with van der Waals surface area (Å²) in [4.78, 5) is 49.1. The van der Waals surface area contributed by atoms with Gasteiger partial charge in [-0.25, -0.2) is 4.79 Å². The number of unbranched alkanes of at least 4 members (excludes halogenated alkanes) is 1. The molecule has 0 radical (unpaired) electrons. The summed E-state index contributed by atoms with van der Waals surface area (Å²) in [5.41, 5.74) is 0.863. The van der Waals surface area contributed by atoms with E-state index < -0.39 is 5.97 Å². The van der Waals surface area contributed by atoms with Gasteiger partial charge >= 0.3 is 12.0 Å². The number of carboxylic acid groups (broad SMARTS) is 1. The smallest absolute Gasteiger partial charge is 0.317 e. The van der Waals surface area contributed by atoms with Gasteiger partial charge in [0.25, 0.3) is 11.8 Å². The van der Waals surface area contributed by atoms with E-state index in [1.54, 1.807) is 24.3 Å². The fourth-order valence-electron chi connectivity index (χ4n) is 2.53. The molecule has 1 aliphatic heterocycles. The maximum atomic E-state index is 12.2. The van der Waals surface area contributed by atoms with Gasteiger partial charge in [-0.2, -0.15) is 0 Å². The van der Waals surface area contributed by atoms with Crippen molar-refractivity contribution < 1.29 is 24.3 Å². The summed E-state index contributed by atoms with van der Waals surface area (Å²) >= 11 is 0. The van der Waals surface area contributed by atoms with Crippen LogP contribution in [-0.4, -0.2) is 65.4 Å². The molecule has 0 atom stereocenters. The van der Waals surface area contributed by atoms with Crippen LogP contribution in [0, 0.1) is 0 Å². The van der Waals surface area contributed by atoms with E-state index in [0.717, 1.165) is 0 Å². The number of urea groups is 1. The van der Waals surface area contributed by atoms with Gasteiger partial charge in [-0.15, -0.1) is 0 Å². The zero-order valence-electron chi connectivity index (χ0n) is 14.0. The molecular formula is C17H21N3O5. The molecule has 0 bridgehead atoms. The third-order valence-corrected chi connectivity index (χ3v) is 3.97. The third kappa shape index (κ3) is 4.56. The van der Waals surface area contributed by atoms with Crippen molar-refractivity contribution in [1.82, 2.24) is 15.1 Å². The summed E-state index contributed by atoms with van der Waals surface area (Å²) in [6.07, 6.45) is 1.07. The van der Waals surface area contributed by atoms with Gasteiger partial charge in [0.05, 0.1) is 17.5 Å². The summed E-state index contributed by atoms with van der Waals surface area (Å²) in [6, 6.07) is 6.39. The fourth-order valence-corrected chi connectivity index (χ4v) is 2.53. The first-order chi connectivity index (χ1) is 11.9. The highest BCUT2D eigenvalue weighted by atomic mass is 16.4. The number of nitrogens with one attached hydrogen (secondary N) is 1. The van der Waals surface area contributed by atoms with E-state index in [1.807, 2.05) is 0 Å². The molecule has 0 saturated heterocycles. The van der Waals surface area contributed by atoms with Crippen LogP contribution in [0.25, 0.3) is 0 Å². The van der Waals surface area contributed by atoms with E-state index in [4.69, 9.17) is 5.11 Å². The fraction of sp³-hybridized carbons (Fsp3) is 0.412. The van der Waals surface area contributed by atoms with Crippen molar-refractivity contribution in [2.45, 2.75) is 19.3 Å². The molecule has 0 saturated carbocycles. The predicted molar refractivity (Wildman–Crippen MR) is 89.3 cm³/mol. The second kappa shape index (κ2) is 8.27. The Morgan fingerprint density at radius 3 is 2.28 bits per heavy atom. The predicted octanol–water partition coefficient (Wildman–Crippen LogP) is 1.18. The van der Waals surface area contributed by atoms with Crippen LogP contribution >= 0.6 is 0 Å². The number of hydrogen-bond acceptors (Lipinski definition) is 4. The number of rotatable bonds is 8. The number of imide groups is 1. The number of benzene rings is 1. The lowest BCUT2D eigenvalue weighted by molar-refractivity contribution is -0.137. The summed E-state index contributed by atoms with van der Waals surface area (Å²) in [7, 11) is 1.52. The summed E-state index contributed by atoms with van der Waals surface area (Å²) in [5.74, 6) is -1.52. The van der Waals surface area contributed by atoms with E-state index in [-0.39, 0.29) is 30.8 Å². The molecule has 25 heavy (non-hydrogen) atoms. The minimum atomic E-state index is -0.958. The Balaban J connectivity index is 1.69. The molecule has 1 heterocycles. The number of nitrogens with zero attached hydrogens (tertiary/aromatic N) is 2. The largest absolute Gasteiger partial charge is 0.481 e. The highest BCUT2D eigenvalue weighted by Gasteiger charge is 2.34. The lowest BCUT2D eigenvalue weighted by atomic mass is 10.1. The number of aliphatic carboxylic acids is 1. The topological polar surface area (TPSA) is 107 Å². The van der Waals surface area contributed by atoms with Crippen molar-refractivity contribution in [1.29, 1.82) is 0 Å². The van der Waals surface area contributed by atoms with Crippen molar-refractivity contribution in [3.8, 4) is 0 Å². The molecule has 8 heteroatoms. The highest BCUT2D eigenvalue weighted by Crippen LogP contribution is 2.22. The Labute approximate surface area is 145 Å². The van der Waals surface area contributed by atoms with Crippen molar-refractivity contribution in [2.24, 2.45) is 0 Å². The molecule has 2 N–H and O–H groups in total. The molecule has 1 aliphatic rings. The van der Waals surface area contributed by atoms with Crippen LogP contribution in [0.2, 0.25) is 0 Å². The molecule has 134 valence electrons. The number of fused-ring (bicyclic) bond motifs is 1. The first kappa shape index (κ1) is 18.4. The molecule has 0 unspecified atom stereocenters. The van der Waals surface area contributed by atoms with Crippen molar-refractivity contribution in [2.75, 3.05) is 26.7 Å². The normalized spacial score (nSPS) is 12.9. The van der Waals surface area contributed by atoms with Gasteiger partial charge in [0.2, 0.25) is 0 Å². The zero-order chi connectivity index (χ0) is 18.4. The summed E-state index contributed by atoms with van der Waals surface area (Å²) in [5, 5.41) is 11.3. The lowest BCUT2D eigenvalue weighted by Crippen LogP contribution is -2.39. The second-order valence-corrected chi connectivity index (χ2v) is 5.81. The van der Waals surface area contributed by atoms with Gasteiger partial charge in [0, 0.05) is 26.7 Å². The van der Waals surface area contributed by atoms with E-state index in [1.165, 1.54) is 16.8 Å². The maximum absolute atomic E-state index is 12.2. The Bertz CT molecular complexity index is 654. The average molecular weight is 347 g/mol. The van der Waals surface area contributed by atoms with Crippen molar-refractivity contribution in [3.05, 3.63) is 35.4 Å². The minimum Gasteiger partial charge on any atom is -0.481 e. The lowest BCUT2D eigenvalue weighted by Gasteiger charge is -2.17. The Morgan fingerprint density at radius 1 is 1.12 bits per heavy atom. The van der Waals surface area contributed by atoms with E-state index in [0.29, 0.717) is 37.1 Å². The summed E-state index contributed by atoms with van der Waals surface area (Å²) < 4.78 is 0. The second-order valence-electron chi connectivity index (χ2n) is 5.81. The average Bonchev–Trinajstić information content (AvgIpc) is 2.84. The molecule has 0 aliphatic carbocycles. The quantitative estimate of drug-likeness (QED) is 0.542. The van der Waals surface area contributed by atoms with E-state index in [9.17, 15) is 19.2 Å². The van der Waals surface area contributed by atoms with E-state index in [2.05, 4.69) is 5.32 Å². The SMILES string of the molecule is CN(CCC(=O)O)C(=O)NCCCCN1C(=O)c2ccccc2C1=O. The zero-order valence-corrected chi connectivity index (χ0v) is 14.0. The van der Waals surface area contributed by atoms with Crippen molar-refractivity contribution in [3.63, 3.8) is 0 Å². The molecule has 2 rings (SSSR count). The molecule has 4 amide bonds. The van der Waals surface area contributed by atoms with Gasteiger partial charge in [0.15, 0.2) is 0 Å². The molecule has 1 aromatic carbocycles. The van der Waals surface area contributed by atoms with Crippen LogP contribution in [-0.2, 0) is 4.79 Å². The molecular weight excluding hydrogens is 326 g/mol. The number of amides is 4. The molecule has 0 fully saturated rings. The van der Waals surface area contributed by atoms with Gasteiger partial charge in [-0.3, -0.25) is 19.3 Å². The van der Waals surface area contributed by atoms with Crippen LogP contribution in [0.15, 0.2) is 24.3 Å². The Hall–Kier alpha value is -2.90. The van der Waals surface area contributed by atoms with Crippen LogP contribution in [0.5, 0.6) is 0 Å². The molecule has 8 nitrogen and oxygen atoms in total. The number of carbonyl (C=O) groups excluding carboxylic acids is 3. The molecule has 0 aromatic heterocycles. The van der Waals surface area contributed by atoms with Crippen LogP contribution in [0.3, 0.4) is 0 Å². The number of carbonyl (C=O) groups is 4. The summed E-state index contributed by atoms with van der Waals surface area (Å²) in [6.45, 7) is 0.826. The van der Waals surface area contributed by atoms with Gasteiger partial charge in [0.1, 0.15) is 0 Å². The van der Waals surface area contributed by atoms with Gasteiger partial charge < -0.3 is 15.3 Å². The number of carboxylic acids is 1. The maximum Gasteiger partial charge on any atom is 0.317 e. The van der Waals surface area contributed by atoms with Gasteiger partial charge in [-0.1, -0.05) is 12.1 Å². The first-order valence-electron chi connectivity index (χ1n) is 8.08. The van der Waals surface area contributed by atoms with Crippen molar-refractivity contribution >= 4 is 23.8 Å². The minimum absolute atomic E-state index is 0.107.